The van der Waals surface area contributed by atoms with Gasteiger partial charge in [-0.15, -0.1) is 0 Å². The van der Waals surface area contributed by atoms with Crippen LogP contribution < -0.4 is 14.8 Å². The van der Waals surface area contributed by atoms with Crippen molar-refractivity contribution >= 4 is 26.0 Å². The lowest BCUT2D eigenvalue weighted by atomic mass is 10.00. The van der Waals surface area contributed by atoms with E-state index in [1.54, 1.807) is 13.0 Å². The molecule has 4 rings (SSSR count). The van der Waals surface area contributed by atoms with Crippen molar-refractivity contribution in [2.45, 2.75) is 63.5 Å². The van der Waals surface area contributed by atoms with Crippen LogP contribution in [-0.4, -0.2) is 87.3 Å². The number of sulfonamides is 2. The van der Waals surface area contributed by atoms with Crippen molar-refractivity contribution in [3.63, 3.8) is 0 Å². The van der Waals surface area contributed by atoms with E-state index in [4.69, 9.17) is 9.47 Å². The molecule has 0 spiro atoms. The monoisotopic (exact) mass is 637 g/mol. The van der Waals surface area contributed by atoms with Crippen LogP contribution in [0.2, 0.25) is 0 Å². The molecule has 1 unspecified atom stereocenters. The summed E-state index contributed by atoms with van der Waals surface area (Å²) in [5, 5.41) is 14.2. The minimum atomic E-state index is -4.13. The van der Waals surface area contributed by atoms with Gasteiger partial charge < -0.3 is 19.9 Å². The number of amides is 1. The molecule has 0 saturated carbocycles. The smallest absolute Gasteiger partial charge is 0.243 e. The Morgan fingerprint density at radius 3 is 2.33 bits per heavy atom. The number of nitrogens with zero attached hydrogens (tertiary/aromatic N) is 2. The van der Waals surface area contributed by atoms with Crippen LogP contribution in [0.3, 0.4) is 0 Å². The highest BCUT2D eigenvalue weighted by atomic mass is 32.2. The normalized spacial score (nSPS) is 18.0. The van der Waals surface area contributed by atoms with Gasteiger partial charge in [-0.1, -0.05) is 57.5 Å². The number of nitrogens with one attached hydrogen (secondary N) is 1. The van der Waals surface area contributed by atoms with E-state index >= 15 is 0 Å². The maximum atomic E-state index is 14.1. The second-order valence-corrected chi connectivity index (χ2v) is 15.6. The van der Waals surface area contributed by atoms with E-state index in [2.05, 4.69) is 5.32 Å². The van der Waals surface area contributed by atoms with Gasteiger partial charge in [0.15, 0.2) is 11.5 Å². The van der Waals surface area contributed by atoms with Gasteiger partial charge in [-0.25, -0.2) is 21.1 Å². The predicted octanol–water partition coefficient (Wildman–Crippen LogP) is 2.60. The molecule has 0 bridgehead atoms. The van der Waals surface area contributed by atoms with Crippen LogP contribution in [0.5, 0.6) is 11.5 Å². The summed E-state index contributed by atoms with van der Waals surface area (Å²) in [6.07, 6.45) is 1.49. The number of aliphatic hydroxyl groups is 1. The van der Waals surface area contributed by atoms with E-state index in [-0.39, 0.29) is 42.9 Å². The number of carbonyl (C=O) groups is 1. The molecular weight excluding hydrogens is 594 g/mol. The SMILES string of the molecule is CC(C)CN(C(Cc1ccccc1)[C@H](O)CNC(=O)[C@@H](C)CS(=O)(=O)N1CCCCC1)S(=O)(=O)c1ccc2c(c1)OCO2. The van der Waals surface area contributed by atoms with Gasteiger partial charge in [-0.3, -0.25) is 4.79 Å². The van der Waals surface area contributed by atoms with Crippen LogP contribution in [0, 0.1) is 11.8 Å². The highest BCUT2D eigenvalue weighted by molar-refractivity contribution is 7.89. The lowest BCUT2D eigenvalue weighted by Gasteiger charge is -2.35. The fourth-order valence-electron chi connectivity index (χ4n) is 5.39. The summed E-state index contributed by atoms with van der Waals surface area (Å²) >= 11 is 0. The average molecular weight is 638 g/mol. The summed E-state index contributed by atoms with van der Waals surface area (Å²) in [5.41, 5.74) is 0.813. The second-order valence-electron chi connectivity index (χ2n) is 11.7. The third kappa shape index (κ3) is 8.48. The molecule has 0 aliphatic carbocycles. The van der Waals surface area contributed by atoms with Crippen LogP contribution in [0.25, 0.3) is 0 Å². The molecule has 0 aromatic heterocycles. The zero-order chi connectivity index (χ0) is 31.2. The molecule has 2 aromatic carbocycles. The van der Waals surface area contributed by atoms with Crippen molar-refractivity contribution in [3.05, 3.63) is 54.1 Å². The highest BCUT2D eigenvalue weighted by Crippen LogP contribution is 2.35. The van der Waals surface area contributed by atoms with Gasteiger partial charge in [0.2, 0.25) is 32.7 Å². The van der Waals surface area contributed by atoms with E-state index in [0.717, 1.165) is 24.8 Å². The molecule has 43 heavy (non-hydrogen) atoms. The Morgan fingerprint density at radius 1 is 0.977 bits per heavy atom. The fourth-order valence-corrected chi connectivity index (χ4v) is 9.03. The summed E-state index contributed by atoms with van der Waals surface area (Å²) < 4.78 is 67.5. The molecule has 0 radical (unpaired) electrons. The van der Waals surface area contributed by atoms with Crippen molar-refractivity contribution in [2.24, 2.45) is 11.8 Å². The van der Waals surface area contributed by atoms with Crippen LogP contribution in [0.4, 0.5) is 0 Å². The number of benzene rings is 2. The van der Waals surface area contributed by atoms with Crippen LogP contribution in [-0.2, 0) is 31.3 Å². The number of hydrogen-bond donors (Lipinski definition) is 2. The van der Waals surface area contributed by atoms with Gasteiger partial charge in [0.25, 0.3) is 0 Å². The lowest BCUT2D eigenvalue weighted by Crippen LogP contribution is -2.53. The van der Waals surface area contributed by atoms with E-state index in [1.165, 1.54) is 20.7 Å². The molecule has 2 aromatic rings. The first-order valence-corrected chi connectivity index (χ1v) is 17.8. The topological polar surface area (TPSA) is 143 Å². The van der Waals surface area contributed by atoms with Gasteiger partial charge >= 0.3 is 0 Å². The molecule has 1 amide bonds. The van der Waals surface area contributed by atoms with Crippen molar-refractivity contribution in [3.8, 4) is 11.5 Å². The molecule has 11 nitrogen and oxygen atoms in total. The number of piperidine rings is 1. The summed E-state index contributed by atoms with van der Waals surface area (Å²) in [4.78, 5) is 13.0. The van der Waals surface area contributed by atoms with E-state index in [0.29, 0.717) is 24.6 Å². The summed E-state index contributed by atoms with van der Waals surface area (Å²) in [6, 6.07) is 12.7. The minimum Gasteiger partial charge on any atom is -0.454 e. The largest absolute Gasteiger partial charge is 0.454 e. The molecule has 2 aliphatic rings. The first-order chi connectivity index (χ1) is 20.4. The second kappa shape index (κ2) is 14.4. The lowest BCUT2D eigenvalue weighted by molar-refractivity contribution is -0.124. The predicted molar refractivity (Wildman–Crippen MR) is 163 cm³/mol. The summed E-state index contributed by atoms with van der Waals surface area (Å²) in [6.45, 7) is 6.10. The Balaban J connectivity index is 1.54. The van der Waals surface area contributed by atoms with Crippen LogP contribution in [0.15, 0.2) is 53.4 Å². The number of aliphatic hydroxyl groups excluding tert-OH is 1. The standard InChI is InChI=1S/C30H43N3O8S2/c1-22(2)19-33(43(38,39)25-12-13-28-29(17-25)41-21-40-28)26(16-24-10-6-4-7-11-24)27(34)18-31-30(35)23(3)20-42(36,37)32-14-8-5-9-15-32/h4,6-7,10-13,17,22-23,26-27,34H,5,8-9,14-16,18-21H2,1-3H3,(H,31,35)/t23-,26?,27+/m0/s1. The van der Waals surface area contributed by atoms with Gasteiger partial charge in [-0.2, -0.15) is 4.31 Å². The van der Waals surface area contributed by atoms with Gasteiger partial charge in [-0.05, 0) is 42.9 Å². The maximum Gasteiger partial charge on any atom is 0.243 e. The van der Waals surface area contributed by atoms with Crippen molar-refractivity contribution in [1.82, 2.24) is 13.9 Å². The highest BCUT2D eigenvalue weighted by Gasteiger charge is 2.37. The molecule has 3 atom stereocenters. The Bertz CT molecular complexity index is 1450. The number of ether oxygens (including phenoxy) is 2. The molecular formula is C30H43N3O8S2. The van der Waals surface area contributed by atoms with Crippen molar-refractivity contribution < 1.29 is 36.2 Å². The summed E-state index contributed by atoms with van der Waals surface area (Å²) in [7, 11) is -7.73. The van der Waals surface area contributed by atoms with Crippen LogP contribution >= 0.6 is 0 Å². The van der Waals surface area contributed by atoms with Gasteiger partial charge in [0.05, 0.1) is 28.7 Å². The zero-order valence-electron chi connectivity index (χ0n) is 25.0. The number of hydrogen-bond acceptors (Lipinski definition) is 8. The van der Waals surface area contributed by atoms with Crippen molar-refractivity contribution in [2.75, 3.05) is 38.7 Å². The van der Waals surface area contributed by atoms with Crippen molar-refractivity contribution in [1.29, 1.82) is 0 Å². The first-order valence-electron chi connectivity index (χ1n) is 14.8. The minimum absolute atomic E-state index is 0.00133. The van der Waals surface area contributed by atoms with Gasteiger partial charge in [0, 0.05) is 32.2 Å². The Morgan fingerprint density at radius 2 is 1.65 bits per heavy atom. The third-order valence-electron chi connectivity index (χ3n) is 7.70. The quantitative estimate of drug-likeness (QED) is 0.322. The first kappa shape index (κ1) is 33.2. The van der Waals surface area contributed by atoms with E-state index < -0.39 is 44.0 Å². The number of carbonyl (C=O) groups excluding carboxylic acids is 1. The fraction of sp³-hybridized carbons (Fsp3) is 0.567. The zero-order valence-corrected chi connectivity index (χ0v) is 26.6. The van der Waals surface area contributed by atoms with E-state index in [1.807, 2.05) is 44.2 Å². The van der Waals surface area contributed by atoms with Gasteiger partial charge in [0.1, 0.15) is 0 Å². The molecule has 238 valence electrons. The molecule has 1 saturated heterocycles. The summed E-state index contributed by atoms with van der Waals surface area (Å²) in [5.74, 6) is -1.01. The maximum absolute atomic E-state index is 14.1. The molecule has 13 heteroatoms. The molecule has 2 N–H and O–H groups in total. The average Bonchev–Trinajstić information content (AvgIpc) is 3.46. The Hall–Kier alpha value is -2.71. The van der Waals surface area contributed by atoms with Crippen LogP contribution in [0.1, 0.15) is 45.6 Å². The molecule has 1 fully saturated rings. The molecule has 2 heterocycles. The van der Waals surface area contributed by atoms with E-state index in [9.17, 15) is 26.7 Å². The number of fused-ring (bicyclic) bond motifs is 1. The third-order valence-corrected chi connectivity index (χ3v) is 11.7. The Kier molecular flexibility index (Phi) is 11.1. The number of rotatable bonds is 14. The molecule has 2 aliphatic heterocycles. The Labute approximate surface area is 255 Å².